The van der Waals surface area contributed by atoms with Crippen molar-refractivity contribution in [1.82, 2.24) is 14.6 Å². The maximum atomic E-state index is 14.0. The summed E-state index contributed by atoms with van der Waals surface area (Å²) in [6.45, 7) is 8.15. The summed E-state index contributed by atoms with van der Waals surface area (Å²) in [4.78, 5) is 0.147. The Hall–Kier alpha value is -3.19. The fourth-order valence-corrected chi connectivity index (χ4v) is 5.33. The molecule has 0 atom stereocenters. The van der Waals surface area contributed by atoms with E-state index in [4.69, 9.17) is 0 Å². The van der Waals surface area contributed by atoms with Gasteiger partial charge in [-0.25, -0.2) is 8.42 Å². The number of aromatic nitrogens is 3. The Morgan fingerprint density at radius 1 is 0.903 bits per heavy atom. The topological polar surface area (TPSA) is 67.6 Å². The molecule has 4 rings (SSSR count). The number of hydrogen-bond donors (Lipinski definition) is 0. The van der Waals surface area contributed by atoms with E-state index in [-0.39, 0.29) is 11.4 Å². The Morgan fingerprint density at radius 2 is 1.58 bits per heavy atom. The Kier molecular flexibility index (Phi) is 5.54. The predicted octanol–water partition coefficient (Wildman–Crippen LogP) is 4.61. The molecule has 0 amide bonds. The lowest BCUT2D eigenvalue weighted by molar-refractivity contribution is 0.590. The van der Waals surface area contributed by atoms with Crippen molar-refractivity contribution in [3.63, 3.8) is 0 Å². The lowest BCUT2D eigenvalue weighted by Crippen LogP contribution is -2.31. The van der Waals surface area contributed by atoms with E-state index in [1.54, 1.807) is 22.7 Å². The molecule has 6 nitrogen and oxygen atoms in total. The highest BCUT2D eigenvalue weighted by Gasteiger charge is 2.29. The summed E-state index contributed by atoms with van der Waals surface area (Å²) < 4.78 is 31.2. The van der Waals surface area contributed by atoms with Crippen molar-refractivity contribution in [2.75, 3.05) is 4.31 Å². The number of nitrogens with zero attached hydrogens (tertiary/aromatic N) is 4. The van der Waals surface area contributed by atoms with Crippen molar-refractivity contribution in [1.29, 1.82) is 0 Å². The molecule has 0 radical (unpaired) electrons. The van der Waals surface area contributed by atoms with E-state index < -0.39 is 10.0 Å². The van der Waals surface area contributed by atoms with Gasteiger partial charge >= 0.3 is 0 Å². The third-order valence-electron chi connectivity index (χ3n) is 5.30. The second kappa shape index (κ2) is 8.15. The molecule has 0 aliphatic rings. The van der Waals surface area contributed by atoms with Crippen LogP contribution in [0.2, 0.25) is 0 Å². The molecule has 2 aromatic carbocycles. The molecule has 4 aromatic rings. The fourth-order valence-electron chi connectivity index (χ4n) is 3.77. The number of benzene rings is 2. The van der Waals surface area contributed by atoms with Crippen molar-refractivity contribution in [3.05, 3.63) is 88.9 Å². The number of sulfonamides is 1. The lowest BCUT2D eigenvalue weighted by atomic mass is 10.1. The summed E-state index contributed by atoms with van der Waals surface area (Å²) in [6, 6.07) is 17.1. The Morgan fingerprint density at radius 3 is 2.23 bits per heavy atom. The molecule has 2 heterocycles. The first-order chi connectivity index (χ1) is 14.8. The molecule has 31 heavy (non-hydrogen) atoms. The molecule has 0 saturated carbocycles. The van der Waals surface area contributed by atoms with Gasteiger partial charge in [-0.1, -0.05) is 42.8 Å². The van der Waals surface area contributed by atoms with E-state index in [9.17, 15) is 8.42 Å². The zero-order valence-corrected chi connectivity index (χ0v) is 19.0. The van der Waals surface area contributed by atoms with Crippen molar-refractivity contribution in [2.24, 2.45) is 0 Å². The number of anilines is 1. The van der Waals surface area contributed by atoms with Crippen LogP contribution >= 0.6 is 0 Å². The van der Waals surface area contributed by atoms with Crippen LogP contribution in [0, 0.1) is 20.8 Å². The monoisotopic (exact) mass is 434 g/mol. The van der Waals surface area contributed by atoms with Crippen molar-refractivity contribution >= 4 is 21.4 Å². The molecule has 160 valence electrons. The first kappa shape index (κ1) is 21.1. The van der Waals surface area contributed by atoms with E-state index in [0.717, 1.165) is 28.1 Å². The second-order valence-corrected chi connectivity index (χ2v) is 9.71. The molecule has 0 unspecified atom stereocenters. The van der Waals surface area contributed by atoms with Gasteiger partial charge in [0.25, 0.3) is 10.0 Å². The van der Waals surface area contributed by atoms with Crippen molar-refractivity contribution in [2.45, 2.75) is 45.6 Å². The smallest absolute Gasteiger partial charge is 0.268 e. The summed E-state index contributed by atoms with van der Waals surface area (Å²) in [5, 5.41) is 8.36. The SMILES string of the molecule is CCc1nnc2c(S(=O)(=O)N(Cc3ccc(C)cc3)c3cc(C)cc(C)c3)cccn12. The second-order valence-electron chi connectivity index (χ2n) is 7.88. The quantitative estimate of drug-likeness (QED) is 0.444. The highest BCUT2D eigenvalue weighted by Crippen LogP contribution is 2.29. The minimum atomic E-state index is -3.91. The van der Waals surface area contributed by atoms with Crippen LogP contribution in [0.3, 0.4) is 0 Å². The first-order valence-electron chi connectivity index (χ1n) is 10.3. The van der Waals surface area contributed by atoms with Crippen LogP contribution < -0.4 is 4.31 Å². The molecule has 0 saturated heterocycles. The number of aryl methyl sites for hydroxylation is 4. The molecule has 0 fully saturated rings. The van der Waals surface area contributed by atoms with Crippen LogP contribution in [0.5, 0.6) is 0 Å². The van der Waals surface area contributed by atoms with Gasteiger partial charge in [0, 0.05) is 12.6 Å². The van der Waals surface area contributed by atoms with Gasteiger partial charge in [0.1, 0.15) is 10.7 Å². The van der Waals surface area contributed by atoms with Crippen LogP contribution in [-0.4, -0.2) is 23.0 Å². The van der Waals surface area contributed by atoms with Crippen molar-refractivity contribution < 1.29 is 8.42 Å². The fraction of sp³-hybridized carbons (Fsp3) is 0.250. The molecular formula is C24H26N4O2S. The highest BCUT2D eigenvalue weighted by atomic mass is 32.2. The Balaban J connectivity index is 1.89. The third kappa shape index (κ3) is 4.05. The molecule has 7 heteroatoms. The number of rotatable bonds is 6. The summed E-state index contributed by atoms with van der Waals surface area (Å²) in [6.07, 6.45) is 2.46. The predicted molar refractivity (Wildman–Crippen MR) is 123 cm³/mol. The average molecular weight is 435 g/mol. The standard InChI is InChI=1S/C24H26N4O2S/c1-5-23-25-26-24-22(7-6-12-27(23)24)31(29,30)28(16-20-10-8-17(2)9-11-20)21-14-18(3)13-19(4)15-21/h6-15H,5,16H2,1-4H3. The zero-order valence-electron chi connectivity index (χ0n) is 18.2. The van der Waals surface area contributed by atoms with E-state index >= 15 is 0 Å². The number of pyridine rings is 1. The van der Waals surface area contributed by atoms with E-state index in [2.05, 4.69) is 10.2 Å². The van der Waals surface area contributed by atoms with Gasteiger partial charge < -0.3 is 0 Å². The lowest BCUT2D eigenvalue weighted by Gasteiger charge is -2.25. The summed E-state index contributed by atoms with van der Waals surface area (Å²) in [7, 11) is -3.91. The number of fused-ring (bicyclic) bond motifs is 1. The maximum absolute atomic E-state index is 14.0. The Labute approximate surface area is 183 Å². The Bertz CT molecular complexity index is 1320. The maximum Gasteiger partial charge on any atom is 0.268 e. The van der Waals surface area contributed by atoms with Gasteiger partial charge in [-0.15, -0.1) is 10.2 Å². The van der Waals surface area contributed by atoms with Gasteiger partial charge in [0.2, 0.25) is 0 Å². The van der Waals surface area contributed by atoms with Crippen LogP contribution in [0.4, 0.5) is 5.69 Å². The average Bonchev–Trinajstić information content (AvgIpc) is 3.15. The zero-order chi connectivity index (χ0) is 22.2. The van der Waals surface area contributed by atoms with Crippen molar-refractivity contribution in [3.8, 4) is 0 Å². The van der Waals surface area contributed by atoms with Gasteiger partial charge in [-0.05, 0) is 61.7 Å². The summed E-state index contributed by atoms with van der Waals surface area (Å²) in [5.41, 5.74) is 5.04. The van der Waals surface area contributed by atoms with E-state index in [0.29, 0.717) is 17.8 Å². The van der Waals surface area contributed by atoms with Crippen LogP contribution in [0.1, 0.15) is 35.0 Å². The molecule has 0 N–H and O–H groups in total. The normalized spacial score (nSPS) is 11.7. The van der Waals surface area contributed by atoms with E-state index in [1.165, 1.54) is 4.31 Å². The van der Waals surface area contributed by atoms with Crippen LogP contribution in [-0.2, 0) is 23.0 Å². The van der Waals surface area contributed by atoms with Gasteiger partial charge in [0.15, 0.2) is 5.65 Å². The summed E-state index contributed by atoms with van der Waals surface area (Å²) >= 11 is 0. The molecule has 0 aliphatic heterocycles. The minimum absolute atomic E-state index is 0.147. The van der Waals surface area contributed by atoms with Crippen LogP contribution in [0.25, 0.3) is 5.65 Å². The minimum Gasteiger partial charge on any atom is -0.285 e. The third-order valence-corrected chi connectivity index (χ3v) is 7.09. The molecule has 0 bridgehead atoms. The summed E-state index contributed by atoms with van der Waals surface area (Å²) in [5.74, 6) is 0.725. The first-order valence-corrected chi connectivity index (χ1v) is 11.7. The molecule has 0 spiro atoms. The highest BCUT2D eigenvalue weighted by molar-refractivity contribution is 7.93. The van der Waals surface area contributed by atoms with Crippen LogP contribution in [0.15, 0.2) is 65.7 Å². The number of hydrogen-bond acceptors (Lipinski definition) is 4. The largest absolute Gasteiger partial charge is 0.285 e. The molecular weight excluding hydrogens is 408 g/mol. The molecule has 0 aliphatic carbocycles. The molecule has 2 aromatic heterocycles. The van der Waals surface area contributed by atoms with Gasteiger partial charge in [-0.2, -0.15) is 0 Å². The van der Waals surface area contributed by atoms with Gasteiger partial charge in [-0.3, -0.25) is 8.71 Å². The van der Waals surface area contributed by atoms with E-state index in [1.807, 2.05) is 70.2 Å². The van der Waals surface area contributed by atoms with Gasteiger partial charge in [0.05, 0.1) is 12.2 Å².